The third kappa shape index (κ3) is 9.76. The summed E-state index contributed by atoms with van der Waals surface area (Å²) in [4.78, 5) is 0. The average Bonchev–Trinajstić information content (AvgIpc) is 1.95. The summed E-state index contributed by atoms with van der Waals surface area (Å²) in [7, 11) is 0. The minimum Gasteiger partial charge on any atom is -0.290 e. The van der Waals surface area contributed by atoms with Crippen molar-refractivity contribution < 1.29 is 20.8 Å². The van der Waals surface area contributed by atoms with Crippen LogP contribution in [0.5, 0.6) is 0 Å². The predicted octanol–water partition coefficient (Wildman–Crippen LogP) is 0.708. The molecule has 12 heavy (non-hydrogen) atoms. The lowest BCUT2D eigenvalue weighted by Crippen LogP contribution is -2.16. The summed E-state index contributed by atoms with van der Waals surface area (Å²) in [6.45, 7) is 0.448. The van der Waals surface area contributed by atoms with Crippen molar-refractivity contribution in [3.8, 4) is 0 Å². The molecule has 0 saturated heterocycles. The minimum absolute atomic E-state index is 0.157. The summed E-state index contributed by atoms with van der Waals surface area (Å²) in [6.07, 6.45) is 3.05. The summed E-state index contributed by atoms with van der Waals surface area (Å²) in [5.41, 5.74) is 0. The van der Waals surface area contributed by atoms with Crippen LogP contribution in [0.15, 0.2) is 0 Å². The Labute approximate surface area is 71.1 Å². The van der Waals surface area contributed by atoms with Gasteiger partial charge in [-0.05, 0) is 12.8 Å². The van der Waals surface area contributed by atoms with Crippen LogP contribution in [0.2, 0.25) is 0 Å². The fraction of sp³-hybridized carbons (Fsp3) is 1.00. The molecule has 0 aliphatic carbocycles. The Morgan fingerprint density at radius 1 is 0.583 bits per heavy atom. The second-order valence-corrected chi connectivity index (χ2v) is 2.61. The van der Waals surface area contributed by atoms with E-state index in [-0.39, 0.29) is 23.5 Å². The van der Waals surface area contributed by atoms with Gasteiger partial charge in [0.15, 0.2) is 0 Å². The van der Waals surface area contributed by atoms with Crippen molar-refractivity contribution in [1.82, 2.24) is 10.5 Å². The first-order chi connectivity index (χ1) is 5.63. The van der Waals surface area contributed by atoms with Gasteiger partial charge in [0.1, 0.15) is 0 Å². The molecule has 0 aliphatic rings. The van der Waals surface area contributed by atoms with Crippen LogP contribution in [0, 0.1) is 0 Å². The lowest BCUT2D eigenvalue weighted by molar-refractivity contribution is -0.308. The standard InChI is InChI=1S/C6H16N2O4/c9-7(10)5-3-1-2-4-6-8(11)12/h9-12H,1-6H2. The lowest BCUT2D eigenvalue weighted by atomic mass is 10.2. The van der Waals surface area contributed by atoms with Crippen LogP contribution >= 0.6 is 0 Å². The molecule has 0 aromatic heterocycles. The highest BCUT2D eigenvalue weighted by molar-refractivity contribution is 4.43. The molecule has 0 fully saturated rings. The summed E-state index contributed by atoms with van der Waals surface area (Å²) < 4.78 is 0. The molecule has 6 nitrogen and oxygen atoms in total. The maximum absolute atomic E-state index is 8.30. The molecule has 0 radical (unpaired) electrons. The van der Waals surface area contributed by atoms with E-state index in [1.165, 1.54) is 0 Å². The molecular weight excluding hydrogens is 164 g/mol. The first kappa shape index (κ1) is 11.8. The Morgan fingerprint density at radius 2 is 0.917 bits per heavy atom. The number of unbranched alkanes of at least 4 members (excludes halogenated alkanes) is 3. The minimum atomic E-state index is 0.157. The van der Waals surface area contributed by atoms with Gasteiger partial charge in [-0.1, -0.05) is 23.3 Å². The second-order valence-electron chi connectivity index (χ2n) is 2.61. The second kappa shape index (κ2) is 7.41. The molecule has 0 rings (SSSR count). The maximum atomic E-state index is 8.30. The molecule has 6 heteroatoms. The zero-order valence-electron chi connectivity index (χ0n) is 6.93. The first-order valence-corrected chi connectivity index (χ1v) is 3.93. The van der Waals surface area contributed by atoms with E-state index >= 15 is 0 Å². The highest BCUT2D eigenvalue weighted by atomic mass is 16.8. The topological polar surface area (TPSA) is 87.4 Å². The zero-order chi connectivity index (χ0) is 9.40. The van der Waals surface area contributed by atoms with Crippen molar-refractivity contribution in [3.63, 3.8) is 0 Å². The molecule has 0 aromatic rings. The molecule has 0 saturated carbocycles. The maximum Gasteiger partial charge on any atom is 0.0512 e. The number of hydrogen-bond acceptors (Lipinski definition) is 6. The molecule has 74 valence electrons. The van der Waals surface area contributed by atoms with Crippen LogP contribution < -0.4 is 0 Å². The highest BCUT2D eigenvalue weighted by Crippen LogP contribution is 2.00. The zero-order valence-corrected chi connectivity index (χ0v) is 6.93. The monoisotopic (exact) mass is 180 g/mol. The fourth-order valence-electron chi connectivity index (χ4n) is 0.860. The van der Waals surface area contributed by atoms with E-state index in [4.69, 9.17) is 20.8 Å². The molecule has 0 heterocycles. The van der Waals surface area contributed by atoms with E-state index in [0.717, 1.165) is 12.8 Å². The van der Waals surface area contributed by atoms with Crippen LogP contribution in [0.4, 0.5) is 0 Å². The van der Waals surface area contributed by atoms with E-state index in [1.807, 2.05) is 0 Å². The van der Waals surface area contributed by atoms with Gasteiger partial charge >= 0.3 is 0 Å². The fourth-order valence-corrected chi connectivity index (χ4v) is 0.860. The summed E-state index contributed by atoms with van der Waals surface area (Å²) in [6, 6.07) is 0. The Bertz CT molecular complexity index is 87.5. The number of hydrogen-bond donors (Lipinski definition) is 4. The van der Waals surface area contributed by atoms with Crippen molar-refractivity contribution in [3.05, 3.63) is 0 Å². The largest absolute Gasteiger partial charge is 0.290 e. The van der Waals surface area contributed by atoms with Crippen LogP contribution in [0.25, 0.3) is 0 Å². The van der Waals surface area contributed by atoms with Crippen LogP contribution in [-0.4, -0.2) is 44.4 Å². The number of rotatable bonds is 7. The van der Waals surface area contributed by atoms with Crippen LogP contribution in [0.1, 0.15) is 25.7 Å². The van der Waals surface area contributed by atoms with E-state index in [9.17, 15) is 0 Å². The van der Waals surface area contributed by atoms with E-state index in [2.05, 4.69) is 0 Å². The Kier molecular flexibility index (Phi) is 7.26. The van der Waals surface area contributed by atoms with Gasteiger partial charge in [0.25, 0.3) is 0 Å². The molecule has 0 spiro atoms. The summed E-state index contributed by atoms with van der Waals surface area (Å²) in [5.74, 6) is 0. The van der Waals surface area contributed by atoms with Gasteiger partial charge in [0.05, 0.1) is 13.1 Å². The Balaban J connectivity index is 2.91. The van der Waals surface area contributed by atoms with Crippen molar-refractivity contribution >= 4 is 0 Å². The summed E-state index contributed by atoms with van der Waals surface area (Å²) in [5, 5.41) is 33.5. The van der Waals surface area contributed by atoms with Crippen molar-refractivity contribution in [2.75, 3.05) is 13.1 Å². The predicted molar refractivity (Wildman–Crippen MR) is 39.0 cm³/mol. The van der Waals surface area contributed by atoms with Crippen molar-refractivity contribution in [1.29, 1.82) is 0 Å². The number of hydroxylamine groups is 4. The first-order valence-electron chi connectivity index (χ1n) is 3.93. The molecule has 0 atom stereocenters. The normalized spacial score (nSPS) is 11.5. The molecule has 0 amide bonds. The lowest BCUT2D eigenvalue weighted by Gasteiger charge is -2.06. The van der Waals surface area contributed by atoms with Gasteiger partial charge in [-0.3, -0.25) is 20.8 Å². The molecule has 0 unspecified atom stereocenters. The number of nitrogens with zero attached hydrogens (tertiary/aromatic N) is 2. The van der Waals surface area contributed by atoms with Gasteiger partial charge < -0.3 is 0 Å². The van der Waals surface area contributed by atoms with Crippen LogP contribution in [-0.2, 0) is 0 Å². The third-order valence-corrected chi connectivity index (χ3v) is 1.47. The van der Waals surface area contributed by atoms with Gasteiger partial charge in [0, 0.05) is 0 Å². The average molecular weight is 180 g/mol. The molecule has 0 aromatic carbocycles. The molecule has 0 bridgehead atoms. The highest BCUT2D eigenvalue weighted by Gasteiger charge is 1.96. The van der Waals surface area contributed by atoms with E-state index in [0.29, 0.717) is 12.8 Å². The third-order valence-electron chi connectivity index (χ3n) is 1.47. The molecular formula is C6H16N2O4. The Morgan fingerprint density at radius 3 is 1.17 bits per heavy atom. The van der Waals surface area contributed by atoms with E-state index in [1.54, 1.807) is 0 Å². The van der Waals surface area contributed by atoms with Crippen molar-refractivity contribution in [2.45, 2.75) is 25.7 Å². The Hall–Kier alpha value is -0.240. The van der Waals surface area contributed by atoms with Gasteiger partial charge in [0.2, 0.25) is 0 Å². The SMILES string of the molecule is ON(O)CCCCCCN(O)O. The quantitative estimate of drug-likeness (QED) is 0.341. The van der Waals surface area contributed by atoms with Gasteiger partial charge in [-0.15, -0.1) is 0 Å². The van der Waals surface area contributed by atoms with E-state index < -0.39 is 0 Å². The van der Waals surface area contributed by atoms with Gasteiger partial charge in [-0.25, -0.2) is 0 Å². The molecule has 0 aliphatic heterocycles. The smallest absolute Gasteiger partial charge is 0.0512 e. The van der Waals surface area contributed by atoms with Crippen LogP contribution in [0.3, 0.4) is 0 Å². The van der Waals surface area contributed by atoms with Gasteiger partial charge in [-0.2, -0.15) is 0 Å². The molecule has 4 N–H and O–H groups in total. The summed E-state index contributed by atoms with van der Waals surface area (Å²) >= 11 is 0. The van der Waals surface area contributed by atoms with Crippen molar-refractivity contribution in [2.24, 2.45) is 0 Å².